The molecule has 0 bridgehead atoms. The van der Waals surface area contributed by atoms with Gasteiger partial charge in [-0.2, -0.15) is 0 Å². The molecule has 19 heavy (non-hydrogen) atoms. The van der Waals surface area contributed by atoms with Gasteiger partial charge in [0.25, 0.3) is 0 Å². The standard InChI is InChI=1S/C13H14Cl2N2O2/c1-8(18)16(2)13(19)17-6-5-9-3-4-11(14)12(15)10(9)7-17/h3-4H,5-7H2,1-2H3. The van der Waals surface area contributed by atoms with Gasteiger partial charge in [-0.15, -0.1) is 0 Å². The van der Waals surface area contributed by atoms with Crippen molar-refractivity contribution in [3.8, 4) is 0 Å². The van der Waals surface area contributed by atoms with Crippen LogP contribution in [0, 0.1) is 0 Å². The molecule has 1 aliphatic heterocycles. The van der Waals surface area contributed by atoms with Gasteiger partial charge < -0.3 is 4.90 Å². The molecule has 0 N–H and O–H groups in total. The highest BCUT2D eigenvalue weighted by molar-refractivity contribution is 6.42. The van der Waals surface area contributed by atoms with Crippen molar-refractivity contribution < 1.29 is 9.59 Å². The molecule has 1 aromatic carbocycles. The number of fused-ring (bicyclic) bond motifs is 1. The van der Waals surface area contributed by atoms with Crippen molar-refractivity contribution in [3.05, 3.63) is 33.3 Å². The van der Waals surface area contributed by atoms with E-state index in [9.17, 15) is 9.59 Å². The first-order chi connectivity index (χ1) is 8.91. The number of halogens is 2. The molecule has 0 radical (unpaired) electrons. The van der Waals surface area contributed by atoms with Crippen LogP contribution in [0.15, 0.2) is 12.1 Å². The SMILES string of the molecule is CC(=O)N(C)C(=O)N1CCc2ccc(Cl)c(Cl)c2C1. The number of nitrogens with zero attached hydrogens (tertiary/aromatic N) is 2. The van der Waals surface area contributed by atoms with E-state index in [2.05, 4.69) is 0 Å². The van der Waals surface area contributed by atoms with Crippen LogP contribution >= 0.6 is 23.2 Å². The molecule has 4 nitrogen and oxygen atoms in total. The van der Waals surface area contributed by atoms with E-state index in [0.29, 0.717) is 29.6 Å². The number of benzene rings is 1. The second kappa shape index (κ2) is 5.39. The van der Waals surface area contributed by atoms with Crippen LogP contribution in [0.3, 0.4) is 0 Å². The molecule has 0 saturated heterocycles. The van der Waals surface area contributed by atoms with Gasteiger partial charge in [0.15, 0.2) is 0 Å². The molecule has 6 heteroatoms. The first-order valence-corrected chi connectivity index (χ1v) is 6.66. The lowest BCUT2D eigenvalue weighted by molar-refractivity contribution is -0.125. The van der Waals surface area contributed by atoms with Gasteiger partial charge in [0.2, 0.25) is 5.91 Å². The number of hydrogen-bond acceptors (Lipinski definition) is 2. The zero-order chi connectivity index (χ0) is 14.2. The maximum atomic E-state index is 12.1. The lowest BCUT2D eigenvalue weighted by Crippen LogP contribution is -2.45. The Morgan fingerprint density at radius 2 is 2.00 bits per heavy atom. The van der Waals surface area contributed by atoms with Gasteiger partial charge in [-0.1, -0.05) is 29.3 Å². The largest absolute Gasteiger partial charge is 0.326 e. The molecule has 3 amide bonds. The Labute approximate surface area is 121 Å². The Balaban J connectivity index is 2.25. The monoisotopic (exact) mass is 300 g/mol. The Morgan fingerprint density at radius 3 is 2.63 bits per heavy atom. The van der Waals surface area contributed by atoms with E-state index in [1.807, 2.05) is 6.07 Å². The Hall–Kier alpha value is -1.26. The van der Waals surface area contributed by atoms with Crippen LogP contribution in [0.5, 0.6) is 0 Å². The zero-order valence-corrected chi connectivity index (χ0v) is 12.3. The quantitative estimate of drug-likeness (QED) is 0.739. The predicted molar refractivity (Wildman–Crippen MR) is 74.4 cm³/mol. The third-order valence-electron chi connectivity index (χ3n) is 3.32. The number of urea groups is 1. The van der Waals surface area contributed by atoms with Gasteiger partial charge in [-0.3, -0.25) is 9.69 Å². The molecular weight excluding hydrogens is 287 g/mol. The Bertz CT molecular complexity index is 546. The molecule has 0 atom stereocenters. The van der Waals surface area contributed by atoms with Crippen molar-refractivity contribution in [3.63, 3.8) is 0 Å². The van der Waals surface area contributed by atoms with Crippen molar-refractivity contribution in [1.29, 1.82) is 0 Å². The molecule has 102 valence electrons. The summed E-state index contributed by atoms with van der Waals surface area (Å²) in [6.07, 6.45) is 0.712. The van der Waals surface area contributed by atoms with E-state index in [1.54, 1.807) is 11.0 Å². The van der Waals surface area contributed by atoms with E-state index in [0.717, 1.165) is 16.0 Å². The van der Waals surface area contributed by atoms with E-state index in [1.165, 1.54) is 14.0 Å². The summed E-state index contributed by atoms with van der Waals surface area (Å²) < 4.78 is 0. The van der Waals surface area contributed by atoms with Crippen LogP contribution in [-0.4, -0.2) is 35.3 Å². The average Bonchev–Trinajstić information content (AvgIpc) is 2.41. The summed E-state index contributed by atoms with van der Waals surface area (Å²) in [5.74, 6) is -0.284. The first kappa shape index (κ1) is 14.2. The average molecular weight is 301 g/mol. The number of rotatable bonds is 0. The minimum absolute atomic E-state index is 0.284. The Morgan fingerprint density at radius 1 is 1.32 bits per heavy atom. The van der Waals surface area contributed by atoms with E-state index in [4.69, 9.17) is 23.2 Å². The van der Waals surface area contributed by atoms with Gasteiger partial charge in [-0.25, -0.2) is 4.79 Å². The van der Waals surface area contributed by atoms with E-state index >= 15 is 0 Å². The lowest BCUT2D eigenvalue weighted by Gasteiger charge is -2.32. The summed E-state index contributed by atoms with van der Waals surface area (Å²) >= 11 is 12.2. The fourth-order valence-electron chi connectivity index (χ4n) is 2.07. The van der Waals surface area contributed by atoms with Crippen molar-refractivity contribution in [2.24, 2.45) is 0 Å². The summed E-state index contributed by atoms with van der Waals surface area (Å²) in [7, 11) is 1.47. The van der Waals surface area contributed by atoms with Crippen molar-refractivity contribution in [1.82, 2.24) is 9.80 Å². The highest BCUT2D eigenvalue weighted by atomic mass is 35.5. The second-order valence-electron chi connectivity index (χ2n) is 4.53. The number of carbonyl (C=O) groups excluding carboxylic acids is 2. The van der Waals surface area contributed by atoms with Gasteiger partial charge in [0.05, 0.1) is 10.0 Å². The van der Waals surface area contributed by atoms with Crippen molar-refractivity contribution in [2.45, 2.75) is 19.9 Å². The second-order valence-corrected chi connectivity index (χ2v) is 5.32. The fourth-order valence-corrected chi connectivity index (χ4v) is 2.49. The highest BCUT2D eigenvalue weighted by Crippen LogP contribution is 2.32. The fraction of sp³-hybridized carbons (Fsp3) is 0.385. The number of hydrogen-bond donors (Lipinski definition) is 0. The molecule has 0 saturated carbocycles. The molecule has 0 spiro atoms. The maximum Gasteiger partial charge on any atom is 0.326 e. The normalized spacial score (nSPS) is 14.0. The van der Waals surface area contributed by atoms with Crippen molar-refractivity contribution >= 4 is 35.1 Å². The van der Waals surface area contributed by atoms with Crippen LogP contribution in [0.1, 0.15) is 18.1 Å². The summed E-state index contributed by atoms with van der Waals surface area (Å²) in [6, 6.07) is 3.39. The van der Waals surface area contributed by atoms with E-state index in [-0.39, 0.29) is 11.9 Å². The zero-order valence-electron chi connectivity index (χ0n) is 10.7. The highest BCUT2D eigenvalue weighted by Gasteiger charge is 2.26. The molecule has 1 aromatic rings. The topological polar surface area (TPSA) is 40.6 Å². The van der Waals surface area contributed by atoms with Crippen LogP contribution in [0.4, 0.5) is 4.79 Å². The summed E-state index contributed by atoms with van der Waals surface area (Å²) in [5.41, 5.74) is 1.97. The molecule has 0 unspecified atom stereocenters. The molecule has 2 rings (SSSR count). The van der Waals surface area contributed by atoms with Crippen molar-refractivity contribution in [2.75, 3.05) is 13.6 Å². The molecule has 0 aromatic heterocycles. The minimum atomic E-state index is -0.311. The predicted octanol–water partition coefficient (Wildman–Crippen LogP) is 2.95. The molecule has 1 heterocycles. The molecule has 1 aliphatic rings. The van der Waals surface area contributed by atoms with Crippen LogP contribution in [0.2, 0.25) is 10.0 Å². The molecule has 0 fully saturated rings. The van der Waals surface area contributed by atoms with Crippen LogP contribution in [-0.2, 0) is 17.8 Å². The third-order valence-corrected chi connectivity index (χ3v) is 4.17. The number of imide groups is 1. The number of amides is 3. The Kier molecular flexibility index (Phi) is 4.02. The third kappa shape index (κ3) is 2.69. The lowest BCUT2D eigenvalue weighted by atomic mass is 10.00. The summed E-state index contributed by atoms with van der Waals surface area (Å²) in [4.78, 5) is 26.0. The van der Waals surface area contributed by atoms with Gasteiger partial charge in [-0.05, 0) is 23.6 Å². The number of carbonyl (C=O) groups is 2. The van der Waals surface area contributed by atoms with Crippen LogP contribution in [0.25, 0.3) is 0 Å². The van der Waals surface area contributed by atoms with Gasteiger partial charge in [0.1, 0.15) is 0 Å². The molecule has 0 aliphatic carbocycles. The summed E-state index contributed by atoms with van der Waals surface area (Å²) in [5, 5.41) is 0.969. The van der Waals surface area contributed by atoms with E-state index < -0.39 is 0 Å². The summed E-state index contributed by atoms with van der Waals surface area (Å²) in [6.45, 7) is 2.31. The smallest absolute Gasteiger partial charge is 0.320 e. The van der Waals surface area contributed by atoms with Crippen LogP contribution < -0.4 is 0 Å². The van der Waals surface area contributed by atoms with Gasteiger partial charge in [0, 0.05) is 27.1 Å². The van der Waals surface area contributed by atoms with Gasteiger partial charge >= 0.3 is 6.03 Å². The molecular formula is C13H14Cl2N2O2. The first-order valence-electron chi connectivity index (χ1n) is 5.90. The minimum Gasteiger partial charge on any atom is -0.320 e. The maximum absolute atomic E-state index is 12.1.